The number of aliphatic hydroxyl groups excluding tert-OH is 1. The van der Waals surface area contributed by atoms with Gasteiger partial charge in [-0.15, -0.1) is 0 Å². The van der Waals surface area contributed by atoms with Gasteiger partial charge in [-0.3, -0.25) is 0 Å². The maximum Gasteiger partial charge on any atom is 0.136 e. The molecule has 0 spiro atoms. The molecule has 0 saturated carbocycles. The van der Waals surface area contributed by atoms with Gasteiger partial charge in [-0.1, -0.05) is 77.0 Å². The lowest BCUT2D eigenvalue weighted by Crippen LogP contribution is -2.03. The van der Waals surface area contributed by atoms with E-state index >= 15 is 0 Å². The number of hydrogen-bond donors (Lipinski definition) is 1. The van der Waals surface area contributed by atoms with E-state index in [1.165, 1.54) is 113 Å². The van der Waals surface area contributed by atoms with Gasteiger partial charge < -0.3 is 9.52 Å². The summed E-state index contributed by atoms with van der Waals surface area (Å²) in [5.74, 6) is 2.18. The van der Waals surface area contributed by atoms with E-state index in [2.05, 4.69) is 0 Å². The van der Waals surface area contributed by atoms with E-state index in [0.717, 1.165) is 31.4 Å². The number of fused-ring (bicyclic) bond motifs is 3. The summed E-state index contributed by atoms with van der Waals surface area (Å²) < 4.78 is 6.40. The van der Waals surface area contributed by atoms with Crippen LogP contribution in [0, 0.1) is 0 Å². The molecule has 0 aliphatic heterocycles. The summed E-state index contributed by atoms with van der Waals surface area (Å²) in [6.07, 6.45) is 23.7. The first-order chi connectivity index (χ1) is 12.9. The van der Waals surface area contributed by atoms with Crippen molar-refractivity contribution < 1.29 is 9.52 Å². The number of aryl methyl sites for hydroxylation is 1. The lowest BCUT2D eigenvalue weighted by Gasteiger charge is -2.13. The zero-order valence-electron chi connectivity index (χ0n) is 16.9. The van der Waals surface area contributed by atoms with Gasteiger partial charge in [0.1, 0.15) is 17.6 Å². The zero-order valence-corrected chi connectivity index (χ0v) is 16.9. The lowest BCUT2D eigenvalue weighted by atomic mass is 9.92. The Morgan fingerprint density at radius 1 is 0.538 bits per heavy atom. The van der Waals surface area contributed by atoms with Gasteiger partial charge in [-0.2, -0.15) is 0 Å². The van der Waals surface area contributed by atoms with E-state index in [4.69, 9.17) is 4.42 Å². The number of aliphatic hydroxyl groups is 1. The standard InChI is InChI=1S/C24H40O2/c25-22-18-14-10-6-3-5-9-13-17-21-20-16-12-8-4-1-2-7-11-15-19-23(20)26-24(21)22/h22,25H,1-19H2. The maximum absolute atomic E-state index is 10.8. The summed E-state index contributed by atoms with van der Waals surface area (Å²) in [4.78, 5) is 0. The Labute approximate surface area is 160 Å². The molecule has 148 valence electrons. The minimum Gasteiger partial charge on any atom is -0.463 e. The molecule has 0 amide bonds. The molecule has 2 aliphatic carbocycles. The Kier molecular flexibility index (Phi) is 8.58. The molecule has 0 fully saturated rings. The highest BCUT2D eigenvalue weighted by atomic mass is 16.4. The van der Waals surface area contributed by atoms with Crippen molar-refractivity contribution in [2.75, 3.05) is 0 Å². The summed E-state index contributed by atoms with van der Waals surface area (Å²) in [6.45, 7) is 0. The van der Waals surface area contributed by atoms with Crippen molar-refractivity contribution in [2.24, 2.45) is 0 Å². The molecule has 2 aliphatic rings. The average Bonchev–Trinajstić information content (AvgIpc) is 2.96. The van der Waals surface area contributed by atoms with E-state index in [1.54, 1.807) is 0 Å². The Hall–Kier alpha value is -0.760. The predicted octanol–water partition coefficient (Wildman–Crippen LogP) is 7.21. The molecule has 0 radical (unpaired) electrons. The van der Waals surface area contributed by atoms with Crippen LogP contribution in [0.4, 0.5) is 0 Å². The molecule has 1 aromatic heterocycles. The fraction of sp³-hybridized carbons (Fsp3) is 0.833. The van der Waals surface area contributed by atoms with Gasteiger partial charge in [0.25, 0.3) is 0 Å². The minimum absolute atomic E-state index is 0.382. The largest absolute Gasteiger partial charge is 0.463 e. The van der Waals surface area contributed by atoms with Crippen LogP contribution >= 0.6 is 0 Å². The Bertz CT molecular complexity index is 517. The molecule has 1 atom stereocenters. The molecule has 1 N–H and O–H groups in total. The van der Waals surface area contributed by atoms with Crippen LogP contribution in [0.1, 0.15) is 131 Å². The fourth-order valence-corrected chi connectivity index (χ4v) is 4.91. The summed E-state index contributed by atoms with van der Waals surface area (Å²) in [5.41, 5.74) is 2.90. The summed E-state index contributed by atoms with van der Waals surface area (Å²) in [7, 11) is 0. The zero-order chi connectivity index (χ0) is 18.0. The van der Waals surface area contributed by atoms with Crippen molar-refractivity contribution in [1.29, 1.82) is 0 Å². The van der Waals surface area contributed by atoms with Crippen molar-refractivity contribution in [3.63, 3.8) is 0 Å². The van der Waals surface area contributed by atoms with Crippen molar-refractivity contribution in [3.05, 3.63) is 22.6 Å². The quantitative estimate of drug-likeness (QED) is 0.530. The number of hydrogen-bond acceptors (Lipinski definition) is 2. The SMILES string of the molecule is OC1CCCCCCCCCc2c1oc1c2CCCCCCCCCC1. The Morgan fingerprint density at radius 2 is 1.00 bits per heavy atom. The second-order valence-electron chi connectivity index (χ2n) is 8.70. The van der Waals surface area contributed by atoms with Gasteiger partial charge in [0, 0.05) is 6.42 Å². The van der Waals surface area contributed by atoms with E-state index in [0.29, 0.717) is 0 Å². The molecule has 1 aromatic rings. The van der Waals surface area contributed by atoms with Crippen LogP contribution in [0.2, 0.25) is 0 Å². The van der Waals surface area contributed by atoms with Crippen LogP contribution in [0.15, 0.2) is 4.42 Å². The van der Waals surface area contributed by atoms with Crippen molar-refractivity contribution in [2.45, 2.75) is 128 Å². The first-order valence-electron chi connectivity index (χ1n) is 11.7. The van der Waals surface area contributed by atoms with Crippen molar-refractivity contribution >= 4 is 0 Å². The van der Waals surface area contributed by atoms with E-state index < -0.39 is 0 Å². The fourth-order valence-electron chi connectivity index (χ4n) is 4.91. The first-order valence-corrected chi connectivity index (χ1v) is 11.7. The van der Waals surface area contributed by atoms with Gasteiger partial charge in [0.2, 0.25) is 0 Å². The van der Waals surface area contributed by atoms with E-state index in [-0.39, 0.29) is 6.10 Å². The van der Waals surface area contributed by atoms with E-state index in [1.807, 2.05) is 0 Å². The molecule has 0 saturated heterocycles. The number of furan rings is 1. The van der Waals surface area contributed by atoms with Gasteiger partial charge in [0.15, 0.2) is 0 Å². The third-order valence-electron chi connectivity index (χ3n) is 6.52. The predicted molar refractivity (Wildman–Crippen MR) is 109 cm³/mol. The van der Waals surface area contributed by atoms with Gasteiger partial charge in [-0.05, 0) is 49.7 Å². The van der Waals surface area contributed by atoms with Crippen molar-refractivity contribution in [1.82, 2.24) is 0 Å². The third kappa shape index (κ3) is 5.87. The molecule has 26 heavy (non-hydrogen) atoms. The van der Waals surface area contributed by atoms with Crippen LogP contribution in [-0.4, -0.2) is 5.11 Å². The molecule has 2 nitrogen and oxygen atoms in total. The topological polar surface area (TPSA) is 33.4 Å². The van der Waals surface area contributed by atoms with Gasteiger partial charge >= 0.3 is 0 Å². The van der Waals surface area contributed by atoms with Gasteiger partial charge in [-0.25, -0.2) is 0 Å². The minimum atomic E-state index is -0.382. The molecular formula is C24H40O2. The van der Waals surface area contributed by atoms with Crippen molar-refractivity contribution in [3.8, 4) is 0 Å². The molecule has 3 rings (SSSR count). The Balaban J connectivity index is 1.82. The molecular weight excluding hydrogens is 320 g/mol. The molecule has 1 heterocycles. The second kappa shape index (κ2) is 11.2. The molecule has 1 unspecified atom stereocenters. The highest BCUT2D eigenvalue weighted by molar-refractivity contribution is 5.35. The summed E-state index contributed by atoms with van der Waals surface area (Å²) in [5, 5.41) is 10.8. The number of rotatable bonds is 0. The summed E-state index contributed by atoms with van der Waals surface area (Å²) in [6, 6.07) is 0. The summed E-state index contributed by atoms with van der Waals surface area (Å²) >= 11 is 0. The second-order valence-corrected chi connectivity index (χ2v) is 8.70. The van der Waals surface area contributed by atoms with Crippen LogP contribution < -0.4 is 0 Å². The smallest absolute Gasteiger partial charge is 0.136 e. The molecule has 0 bridgehead atoms. The molecule has 2 heteroatoms. The average molecular weight is 361 g/mol. The normalized spacial score (nSPS) is 24.9. The van der Waals surface area contributed by atoms with Crippen LogP contribution in [0.5, 0.6) is 0 Å². The van der Waals surface area contributed by atoms with Crippen LogP contribution in [0.25, 0.3) is 0 Å². The maximum atomic E-state index is 10.8. The lowest BCUT2D eigenvalue weighted by molar-refractivity contribution is 0.133. The highest BCUT2D eigenvalue weighted by Crippen LogP contribution is 2.35. The van der Waals surface area contributed by atoms with E-state index in [9.17, 15) is 5.11 Å². The van der Waals surface area contributed by atoms with Gasteiger partial charge in [0.05, 0.1) is 0 Å². The van der Waals surface area contributed by atoms with Crippen LogP contribution in [-0.2, 0) is 19.3 Å². The van der Waals surface area contributed by atoms with Crippen LogP contribution in [0.3, 0.4) is 0 Å². The molecule has 0 aromatic carbocycles. The third-order valence-corrected chi connectivity index (χ3v) is 6.52. The Morgan fingerprint density at radius 3 is 1.62 bits per heavy atom. The highest BCUT2D eigenvalue weighted by Gasteiger charge is 2.24. The monoisotopic (exact) mass is 360 g/mol. The first kappa shape index (κ1) is 20.0.